The van der Waals surface area contributed by atoms with E-state index in [1.807, 2.05) is 31.2 Å². The van der Waals surface area contributed by atoms with Gasteiger partial charge in [0.1, 0.15) is 11.6 Å². The van der Waals surface area contributed by atoms with Crippen molar-refractivity contribution in [2.75, 3.05) is 18.0 Å². The van der Waals surface area contributed by atoms with Crippen molar-refractivity contribution in [2.45, 2.75) is 26.4 Å². The van der Waals surface area contributed by atoms with Crippen LogP contribution in [0.5, 0.6) is 0 Å². The Kier molecular flexibility index (Phi) is 3.73. The fourth-order valence-electron chi connectivity index (χ4n) is 3.51. The Labute approximate surface area is 140 Å². The number of aryl methyl sites for hydroxylation is 2. The van der Waals surface area contributed by atoms with E-state index in [1.165, 1.54) is 10.9 Å². The molecule has 1 aliphatic rings. The third kappa shape index (κ3) is 2.76. The predicted octanol–water partition coefficient (Wildman–Crippen LogP) is 2.88. The minimum Gasteiger partial charge on any atom is -0.391 e. The second kappa shape index (κ2) is 5.91. The van der Waals surface area contributed by atoms with Crippen molar-refractivity contribution in [3.8, 4) is 0 Å². The van der Waals surface area contributed by atoms with Gasteiger partial charge >= 0.3 is 0 Å². The lowest BCUT2D eigenvalue weighted by Crippen LogP contribution is -2.22. The normalized spacial score (nSPS) is 20.9. The summed E-state index contributed by atoms with van der Waals surface area (Å²) >= 11 is 0. The van der Waals surface area contributed by atoms with Gasteiger partial charge in [0, 0.05) is 36.9 Å². The fourth-order valence-corrected chi connectivity index (χ4v) is 3.51. The Balaban J connectivity index is 1.57. The molecule has 4 rings (SSSR count). The molecule has 0 saturated carbocycles. The van der Waals surface area contributed by atoms with Gasteiger partial charge < -0.3 is 14.5 Å². The first-order valence-corrected chi connectivity index (χ1v) is 8.32. The highest BCUT2D eigenvalue weighted by Gasteiger charge is 2.33. The Hall–Kier alpha value is -2.40. The van der Waals surface area contributed by atoms with Crippen molar-refractivity contribution in [3.05, 3.63) is 53.4 Å². The van der Waals surface area contributed by atoms with Gasteiger partial charge in [-0.2, -0.15) is 0 Å². The first-order chi connectivity index (χ1) is 11.6. The molecular weight excluding hydrogens is 302 g/mol. The standard InChI is InChI=1S/C19H21N3O2/c1-12-7-19(20-17-6-4-3-5-16(12)17)22-10-14(18(23)11-22)9-15-8-13(2)21-24-15/h3-8,14,18,23H,9-11H2,1-2H3/t14-,18-/m1/s1. The van der Waals surface area contributed by atoms with E-state index < -0.39 is 0 Å². The highest BCUT2D eigenvalue weighted by molar-refractivity contribution is 5.83. The molecule has 0 unspecified atom stereocenters. The first-order valence-electron chi connectivity index (χ1n) is 8.32. The molecule has 0 aliphatic carbocycles. The van der Waals surface area contributed by atoms with Crippen LogP contribution in [-0.2, 0) is 6.42 Å². The topological polar surface area (TPSA) is 62.4 Å². The SMILES string of the molecule is Cc1cc(C[C@@H]2CN(c3cc(C)c4ccccc4n3)C[C@H]2O)on1. The Morgan fingerprint density at radius 1 is 1.21 bits per heavy atom. The van der Waals surface area contributed by atoms with Crippen LogP contribution in [0.4, 0.5) is 5.82 Å². The number of hydrogen-bond donors (Lipinski definition) is 1. The molecule has 1 fully saturated rings. The number of para-hydroxylation sites is 1. The average molecular weight is 323 g/mol. The average Bonchev–Trinajstić information content (AvgIpc) is 3.14. The van der Waals surface area contributed by atoms with Gasteiger partial charge in [-0.15, -0.1) is 0 Å². The maximum absolute atomic E-state index is 10.4. The number of benzene rings is 1. The molecule has 2 aromatic heterocycles. The summed E-state index contributed by atoms with van der Waals surface area (Å²) in [7, 11) is 0. The van der Waals surface area contributed by atoms with Crippen molar-refractivity contribution in [3.63, 3.8) is 0 Å². The van der Waals surface area contributed by atoms with Gasteiger partial charge in [0.25, 0.3) is 0 Å². The predicted molar refractivity (Wildman–Crippen MR) is 93.1 cm³/mol. The van der Waals surface area contributed by atoms with Crippen LogP contribution in [0.1, 0.15) is 17.0 Å². The zero-order valence-corrected chi connectivity index (χ0v) is 13.9. The van der Waals surface area contributed by atoms with E-state index in [0.29, 0.717) is 13.0 Å². The van der Waals surface area contributed by atoms with Gasteiger partial charge in [-0.25, -0.2) is 4.98 Å². The van der Waals surface area contributed by atoms with Gasteiger partial charge in [0.05, 0.1) is 17.3 Å². The number of rotatable bonds is 3. The molecule has 0 amide bonds. The number of anilines is 1. The summed E-state index contributed by atoms with van der Waals surface area (Å²) in [4.78, 5) is 6.94. The van der Waals surface area contributed by atoms with Crippen LogP contribution in [0.2, 0.25) is 0 Å². The molecule has 0 bridgehead atoms. The third-order valence-corrected chi connectivity index (χ3v) is 4.78. The molecular formula is C19H21N3O2. The highest BCUT2D eigenvalue weighted by Crippen LogP contribution is 2.28. The molecule has 1 saturated heterocycles. The van der Waals surface area contributed by atoms with E-state index in [2.05, 4.69) is 29.1 Å². The lowest BCUT2D eigenvalue weighted by atomic mass is 10.0. The second-order valence-corrected chi connectivity index (χ2v) is 6.69. The summed E-state index contributed by atoms with van der Waals surface area (Å²) in [5.74, 6) is 1.90. The number of nitrogens with zero attached hydrogens (tertiary/aromatic N) is 3. The zero-order valence-electron chi connectivity index (χ0n) is 13.9. The third-order valence-electron chi connectivity index (χ3n) is 4.78. The molecule has 0 radical (unpaired) electrons. The monoisotopic (exact) mass is 323 g/mol. The molecule has 1 aliphatic heterocycles. The summed E-state index contributed by atoms with van der Waals surface area (Å²) in [6.07, 6.45) is 0.314. The van der Waals surface area contributed by atoms with Gasteiger partial charge in [-0.3, -0.25) is 0 Å². The maximum Gasteiger partial charge on any atom is 0.137 e. The van der Waals surface area contributed by atoms with Crippen LogP contribution in [0, 0.1) is 19.8 Å². The van der Waals surface area contributed by atoms with E-state index in [9.17, 15) is 5.11 Å². The fraction of sp³-hybridized carbons (Fsp3) is 0.368. The van der Waals surface area contributed by atoms with E-state index in [0.717, 1.165) is 29.3 Å². The summed E-state index contributed by atoms with van der Waals surface area (Å²) in [5, 5.41) is 15.5. The van der Waals surface area contributed by atoms with Crippen LogP contribution in [0.25, 0.3) is 10.9 Å². The van der Waals surface area contributed by atoms with Gasteiger partial charge in [-0.1, -0.05) is 23.4 Å². The largest absolute Gasteiger partial charge is 0.391 e. The van der Waals surface area contributed by atoms with Gasteiger partial charge in [0.15, 0.2) is 0 Å². The lowest BCUT2D eigenvalue weighted by molar-refractivity contribution is 0.143. The van der Waals surface area contributed by atoms with Gasteiger partial charge in [0.2, 0.25) is 0 Å². The number of hydrogen-bond acceptors (Lipinski definition) is 5. The van der Waals surface area contributed by atoms with Crippen molar-refractivity contribution in [1.29, 1.82) is 0 Å². The van der Waals surface area contributed by atoms with Crippen LogP contribution in [0.15, 0.2) is 40.9 Å². The number of aliphatic hydroxyl groups is 1. The quantitative estimate of drug-likeness (QED) is 0.803. The summed E-state index contributed by atoms with van der Waals surface area (Å²) < 4.78 is 5.30. The molecule has 3 heterocycles. The van der Waals surface area contributed by atoms with Crippen LogP contribution >= 0.6 is 0 Å². The second-order valence-electron chi connectivity index (χ2n) is 6.69. The Bertz CT molecular complexity index is 874. The molecule has 2 atom stereocenters. The van der Waals surface area contributed by atoms with E-state index in [-0.39, 0.29) is 12.0 Å². The zero-order chi connectivity index (χ0) is 16.7. The highest BCUT2D eigenvalue weighted by atomic mass is 16.5. The minimum atomic E-state index is -0.385. The summed E-state index contributed by atoms with van der Waals surface area (Å²) in [6, 6.07) is 12.2. The smallest absolute Gasteiger partial charge is 0.137 e. The van der Waals surface area contributed by atoms with Crippen molar-refractivity contribution in [1.82, 2.24) is 10.1 Å². The lowest BCUT2D eigenvalue weighted by Gasteiger charge is -2.18. The molecule has 24 heavy (non-hydrogen) atoms. The molecule has 1 aromatic carbocycles. The van der Waals surface area contributed by atoms with Crippen LogP contribution in [0.3, 0.4) is 0 Å². The minimum absolute atomic E-state index is 0.130. The summed E-state index contributed by atoms with van der Waals surface area (Å²) in [5.41, 5.74) is 3.08. The van der Waals surface area contributed by atoms with E-state index in [4.69, 9.17) is 9.51 Å². The van der Waals surface area contributed by atoms with Crippen molar-refractivity contribution in [2.24, 2.45) is 5.92 Å². The molecule has 0 spiro atoms. The number of pyridine rings is 1. The van der Waals surface area contributed by atoms with E-state index in [1.54, 1.807) is 0 Å². The van der Waals surface area contributed by atoms with Crippen LogP contribution < -0.4 is 4.90 Å². The molecule has 5 heteroatoms. The van der Waals surface area contributed by atoms with Crippen molar-refractivity contribution >= 4 is 16.7 Å². The number of fused-ring (bicyclic) bond motifs is 1. The number of β-amino-alcohol motifs (C(OH)–C–C–N with tert-alkyl or cyclic N) is 1. The molecule has 3 aromatic rings. The summed E-state index contributed by atoms with van der Waals surface area (Å²) in [6.45, 7) is 5.38. The number of aliphatic hydroxyl groups excluding tert-OH is 1. The molecule has 1 N–H and O–H groups in total. The van der Waals surface area contributed by atoms with Crippen molar-refractivity contribution < 1.29 is 9.63 Å². The molecule has 124 valence electrons. The first kappa shape index (κ1) is 15.1. The molecule has 5 nitrogen and oxygen atoms in total. The van der Waals surface area contributed by atoms with Crippen LogP contribution in [-0.4, -0.2) is 34.4 Å². The Morgan fingerprint density at radius 2 is 2.04 bits per heavy atom. The number of aromatic nitrogens is 2. The Morgan fingerprint density at radius 3 is 2.83 bits per heavy atom. The van der Waals surface area contributed by atoms with Gasteiger partial charge in [-0.05, 0) is 31.5 Å². The maximum atomic E-state index is 10.4. The van der Waals surface area contributed by atoms with E-state index >= 15 is 0 Å².